The van der Waals surface area contributed by atoms with E-state index in [0.717, 1.165) is 5.57 Å². The summed E-state index contributed by atoms with van der Waals surface area (Å²) in [6.07, 6.45) is 2.99. The summed E-state index contributed by atoms with van der Waals surface area (Å²) in [7, 11) is 1.44. The first-order valence-corrected chi connectivity index (χ1v) is 6.13. The second-order valence-electron chi connectivity index (χ2n) is 4.61. The van der Waals surface area contributed by atoms with Gasteiger partial charge in [0.15, 0.2) is 11.5 Å². The van der Waals surface area contributed by atoms with Crippen molar-refractivity contribution in [1.29, 1.82) is 0 Å². The van der Waals surface area contributed by atoms with E-state index in [1.807, 2.05) is 26.8 Å². The average molecular weight is 248 g/mol. The topological polar surface area (TPSA) is 43.4 Å². The third kappa shape index (κ3) is 2.61. The van der Waals surface area contributed by atoms with Crippen molar-refractivity contribution in [1.82, 2.24) is 0 Å². The summed E-state index contributed by atoms with van der Waals surface area (Å²) in [6, 6.07) is 0. The number of ketones is 2. The molecule has 0 N–H and O–H groups in total. The summed E-state index contributed by atoms with van der Waals surface area (Å²) in [5.74, 6) is -0.00370. The summed E-state index contributed by atoms with van der Waals surface area (Å²) >= 11 is 0. The molecule has 3 heteroatoms. The van der Waals surface area contributed by atoms with Crippen LogP contribution in [-0.2, 0) is 14.3 Å². The van der Waals surface area contributed by atoms with E-state index in [2.05, 4.69) is 0 Å². The molecule has 1 aliphatic rings. The van der Waals surface area contributed by atoms with Crippen molar-refractivity contribution in [2.45, 2.75) is 40.5 Å². The number of carbonyl (C=O) groups excluding carboxylic acids is 2. The Kier molecular flexibility index (Phi) is 4.65. The molecule has 0 amide bonds. The van der Waals surface area contributed by atoms with Gasteiger partial charge in [-0.25, -0.2) is 0 Å². The maximum Gasteiger partial charge on any atom is 0.224 e. The Hall–Kier alpha value is -1.64. The molecule has 0 saturated heterocycles. The first-order valence-electron chi connectivity index (χ1n) is 6.13. The zero-order valence-electron chi connectivity index (χ0n) is 11.7. The minimum absolute atomic E-state index is 0.0519. The highest BCUT2D eigenvalue weighted by Crippen LogP contribution is 2.29. The van der Waals surface area contributed by atoms with Crippen LogP contribution in [0.2, 0.25) is 0 Å². The van der Waals surface area contributed by atoms with E-state index < -0.39 is 0 Å². The summed E-state index contributed by atoms with van der Waals surface area (Å²) in [5.41, 5.74) is 2.73. The van der Waals surface area contributed by atoms with Gasteiger partial charge < -0.3 is 4.74 Å². The second-order valence-corrected chi connectivity index (χ2v) is 4.61. The normalized spacial score (nSPS) is 16.3. The Morgan fingerprint density at radius 3 is 2.22 bits per heavy atom. The van der Waals surface area contributed by atoms with Crippen LogP contribution in [0.3, 0.4) is 0 Å². The third-order valence-corrected chi connectivity index (χ3v) is 3.09. The molecule has 0 aromatic heterocycles. The third-order valence-electron chi connectivity index (χ3n) is 3.09. The molecule has 0 unspecified atom stereocenters. The van der Waals surface area contributed by atoms with E-state index in [4.69, 9.17) is 4.74 Å². The second kappa shape index (κ2) is 5.80. The van der Waals surface area contributed by atoms with Gasteiger partial charge in [0.25, 0.3) is 0 Å². The lowest BCUT2D eigenvalue weighted by molar-refractivity contribution is -0.119. The van der Waals surface area contributed by atoms with Gasteiger partial charge >= 0.3 is 0 Å². The van der Waals surface area contributed by atoms with E-state index in [9.17, 15) is 9.59 Å². The van der Waals surface area contributed by atoms with Gasteiger partial charge in [-0.15, -0.1) is 0 Å². The molecular formula is C15H20O3. The SMILES string of the molecule is CCC1=C(OC)C(=O)C(C)=C(CC=C(C)C)C1=O. The number of ether oxygens (including phenoxy) is 1. The molecule has 0 heterocycles. The molecule has 0 fully saturated rings. The molecular weight excluding hydrogens is 228 g/mol. The maximum atomic E-state index is 12.3. The fourth-order valence-corrected chi connectivity index (χ4v) is 1.99. The molecule has 0 radical (unpaired) electrons. The van der Waals surface area contributed by atoms with Gasteiger partial charge in [0, 0.05) is 16.7 Å². The highest BCUT2D eigenvalue weighted by molar-refractivity contribution is 6.24. The van der Waals surface area contributed by atoms with Crippen LogP contribution in [0.5, 0.6) is 0 Å². The molecule has 0 spiro atoms. The molecule has 1 aliphatic carbocycles. The lowest BCUT2D eigenvalue weighted by Crippen LogP contribution is -2.23. The van der Waals surface area contributed by atoms with Crippen molar-refractivity contribution >= 4 is 11.6 Å². The van der Waals surface area contributed by atoms with Crippen LogP contribution in [0.25, 0.3) is 0 Å². The number of Topliss-reactive ketones (excluding diaryl/α,β-unsaturated/α-hetero) is 2. The van der Waals surface area contributed by atoms with Crippen LogP contribution in [0.1, 0.15) is 40.5 Å². The zero-order valence-corrected chi connectivity index (χ0v) is 11.7. The fourth-order valence-electron chi connectivity index (χ4n) is 1.99. The lowest BCUT2D eigenvalue weighted by Gasteiger charge is -2.20. The van der Waals surface area contributed by atoms with Crippen molar-refractivity contribution in [2.75, 3.05) is 7.11 Å². The largest absolute Gasteiger partial charge is 0.492 e. The van der Waals surface area contributed by atoms with Crippen molar-refractivity contribution in [3.8, 4) is 0 Å². The van der Waals surface area contributed by atoms with Crippen LogP contribution in [0.15, 0.2) is 34.1 Å². The van der Waals surface area contributed by atoms with Crippen LogP contribution in [0, 0.1) is 0 Å². The first-order chi connectivity index (χ1) is 8.43. The Morgan fingerprint density at radius 1 is 1.17 bits per heavy atom. The van der Waals surface area contributed by atoms with Gasteiger partial charge in [-0.05, 0) is 33.6 Å². The van der Waals surface area contributed by atoms with E-state index in [1.54, 1.807) is 6.92 Å². The van der Waals surface area contributed by atoms with Gasteiger partial charge in [-0.1, -0.05) is 18.6 Å². The Labute approximate surface area is 108 Å². The lowest BCUT2D eigenvalue weighted by atomic mass is 9.86. The molecule has 1 rings (SSSR count). The molecule has 3 nitrogen and oxygen atoms in total. The standard InChI is InChI=1S/C15H20O3/c1-6-11-14(17)12(8-7-9(2)3)10(4)13(16)15(11)18-5/h7H,6,8H2,1-5H3. The molecule has 0 atom stereocenters. The average Bonchev–Trinajstić information content (AvgIpc) is 2.32. The van der Waals surface area contributed by atoms with Crippen molar-refractivity contribution in [3.05, 3.63) is 34.1 Å². The first kappa shape index (κ1) is 14.4. The summed E-state index contributed by atoms with van der Waals surface area (Å²) in [6.45, 7) is 7.50. The monoisotopic (exact) mass is 248 g/mol. The van der Waals surface area contributed by atoms with Gasteiger partial charge in [0.1, 0.15) is 0 Å². The van der Waals surface area contributed by atoms with Crippen LogP contribution >= 0.6 is 0 Å². The number of hydrogen-bond donors (Lipinski definition) is 0. The minimum atomic E-state index is -0.161. The van der Waals surface area contributed by atoms with Gasteiger partial charge in [-0.3, -0.25) is 9.59 Å². The van der Waals surface area contributed by atoms with Crippen molar-refractivity contribution in [2.24, 2.45) is 0 Å². The number of carbonyl (C=O) groups is 2. The van der Waals surface area contributed by atoms with E-state index >= 15 is 0 Å². The van der Waals surface area contributed by atoms with E-state index in [0.29, 0.717) is 29.6 Å². The molecule has 98 valence electrons. The number of hydrogen-bond acceptors (Lipinski definition) is 3. The number of rotatable bonds is 4. The van der Waals surface area contributed by atoms with Crippen molar-refractivity contribution < 1.29 is 14.3 Å². The molecule has 18 heavy (non-hydrogen) atoms. The smallest absolute Gasteiger partial charge is 0.224 e. The highest BCUT2D eigenvalue weighted by Gasteiger charge is 2.31. The summed E-state index contributed by atoms with van der Waals surface area (Å²) in [5, 5.41) is 0. The Bertz CT molecular complexity index is 472. The summed E-state index contributed by atoms with van der Waals surface area (Å²) in [4.78, 5) is 24.4. The maximum absolute atomic E-state index is 12.3. The molecule has 0 aromatic carbocycles. The van der Waals surface area contributed by atoms with Crippen LogP contribution in [-0.4, -0.2) is 18.7 Å². The van der Waals surface area contributed by atoms with E-state index in [1.165, 1.54) is 7.11 Å². The van der Waals surface area contributed by atoms with Crippen LogP contribution in [0.4, 0.5) is 0 Å². The fraction of sp³-hybridized carbons (Fsp3) is 0.467. The highest BCUT2D eigenvalue weighted by atomic mass is 16.5. The molecule has 0 saturated carbocycles. The van der Waals surface area contributed by atoms with Crippen LogP contribution < -0.4 is 0 Å². The zero-order chi connectivity index (χ0) is 13.9. The van der Waals surface area contributed by atoms with Gasteiger partial charge in [0.05, 0.1) is 7.11 Å². The summed E-state index contributed by atoms with van der Waals surface area (Å²) < 4.78 is 5.08. The Balaban J connectivity index is 3.22. The number of allylic oxidation sites excluding steroid dienone is 5. The predicted octanol–water partition coefficient (Wildman–Crippen LogP) is 3.12. The number of methoxy groups -OCH3 is 1. The Morgan fingerprint density at radius 2 is 1.78 bits per heavy atom. The van der Waals surface area contributed by atoms with Crippen molar-refractivity contribution in [3.63, 3.8) is 0 Å². The van der Waals surface area contributed by atoms with Gasteiger partial charge in [0.2, 0.25) is 5.78 Å². The molecule has 0 bridgehead atoms. The van der Waals surface area contributed by atoms with E-state index in [-0.39, 0.29) is 17.3 Å². The molecule has 0 aliphatic heterocycles. The quantitative estimate of drug-likeness (QED) is 0.567. The van der Waals surface area contributed by atoms with Gasteiger partial charge in [-0.2, -0.15) is 0 Å². The minimum Gasteiger partial charge on any atom is -0.492 e. The molecule has 0 aromatic rings. The predicted molar refractivity (Wildman–Crippen MR) is 71.1 cm³/mol.